The molecule has 0 amide bonds. The number of nitrogens with zero attached hydrogens (tertiary/aromatic N) is 1. The Morgan fingerprint density at radius 1 is 1.00 bits per heavy atom. The Balaban J connectivity index is 2.09. The zero-order valence-corrected chi connectivity index (χ0v) is 12.1. The summed E-state index contributed by atoms with van der Waals surface area (Å²) in [5.74, 6) is 1.59. The number of hydrogen-bond acceptors (Lipinski definition) is 2. The van der Waals surface area contributed by atoms with Crippen molar-refractivity contribution in [3.05, 3.63) is 64.8 Å². The number of benzene rings is 2. The fourth-order valence-electron chi connectivity index (χ4n) is 2.32. The van der Waals surface area contributed by atoms with Crippen molar-refractivity contribution in [2.75, 3.05) is 0 Å². The van der Waals surface area contributed by atoms with Crippen LogP contribution in [0.2, 0.25) is 5.02 Å². The Kier molecular flexibility index (Phi) is 3.33. The van der Waals surface area contributed by atoms with E-state index in [0.717, 1.165) is 22.4 Å². The van der Waals surface area contributed by atoms with Crippen molar-refractivity contribution in [3.8, 4) is 11.5 Å². The van der Waals surface area contributed by atoms with Crippen molar-refractivity contribution < 1.29 is 4.74 Å². The van der Waals surface area contributed by atoms with E-state index in [4.69, 9.17) is 16.3 Å². The smallest absolute Gasteiger partial charge is 0.138 e. The summed E-state index contributed by atoms with van der Waals surface area (Å²) in [7, 11) is 0. The number of para-hydroxylation sites is 1. The standard InChI is InChI=1S/C17H14ClNO/c1-11-8-12(2)10-13(9-11)20-16-6-7-19-17-14(16)4-3-5-15(17)18/h3-10H,1-2H3. The molecule has 3 aromatic rings. The van der Waals surface area contributed by atoms with Gasteiger partial charge in [0.05, 0.1) is 10.5 Å². The lowest BCUT2D eigenvalue weighted by atomic mass is 10.1. The highest BCUT2D eigenvalue weighted by molar-refractivity contribution is 6.35. The van der Waals surface area contributed by atoms with E-state index in [2.05, 4.69) is 24.9 Å². The molecule has 100 valence electrons. The van der Waals surface area contributed by atoms with Crippen molar-refractivity contribution >= 4 is 22.5 Å². The molecule has 3 heteroatoms. The van der Waals surface area contributed by atoms with Crippen LogP contribution in [-0.4, -0.2) is 4.98 Å². The topological polar surface area (TPSA) is 22.1 Å². The molecule has 0 aliphatic carbocycles. The molecular formula is C17H14ClNO. The largest absolute Gasteiger partial charge is 0.457 e. The van der Waals surface area contributed by atoms with Crippen LogP contribution in [0.15, 0.2) is 48.7 Å². The molecule has 1 aromatic heterocycles. The van der Waals surface area contributed by atoms with Crippen molar-refractivity contribution in [1.82, 2.24) is 4.98 Å². The highest BCUT2D eigenvalue weighted by Gasteiger charge is 2.07. The van der Waals surface area contributed by atoms with Crippen LogP contribution >= 0.6 is 11.6 Å². The Hall–Kier alpha value is -2.06. The molecule has 0 saturated carbocycles. The van der Waals surface area contributed by atoms with Crippen LogP contribution < -0.4 is 4.74 Å². The zero-order chi connectivity index (χ0) is 14.1. The Morgan fingerprint density at radius 2 is 1.75 bits per heavy atom. The van der Waals surface area contributed by atoms with E-state index in [1.54, 1.807) is 6.20 Å². The molecule has 2 nitrogen and oxygen atoms in total. The SMILES string of the molecule is Cc1cc(C)cc(Oc2ccnc3c(Cl)cccc23)c1. The molecule has 3 rings (SSSR count). The molecule has 1 heterocycles. The fraction of sp³-hybridized carbons (Fsp3) is 0.118. The van der Waals surface area contributed by atoms with Crippen LogP contribution in [0.1, 0.15) is 11.1 Å². The quantitative estimate of drug-likeness (QED) is 0.637. The van der Waals surface area contributed by atoms with Crippen LogP contribution in [0.3, 0.4) is 0 Å². The first-order valence-electron chi connectivity index (χ1n) is 6.43. The molecule has 20 heavy (non-hydrogen) atoms. The molecule has 0 aliphatic heterocycles. The van der Waals surface area contributed by atoms with Crippen LogP contribution in [0.4, 0.5) is 0 Å². The maximum absolute atomic E-state index is 6.16. The summed E-state index contributed by atoms with van der Waals surface area (Å²) >= 11 is 6.16. The van der Waals surface area contributed by atoms with Crippen LogP contribution in [0.5, 0.6) is 11.5 Å². The third-order valence-electron chi connectivity index (χ3n) is 3.10. The van der Waals surface area contributed by atoms with Crippen LogP contribution in [0, 0.1) is 13.8 Å². The Bertz CT molecular complexity index is 763. The first-order chi connectivity index (χ1) is 9.63. The highest BCUT2D eigenvalue weighted by Crippen LogP contribution is 2.32. The van der Waals surface area contributed by atoms with E-state index < -0.39 is 0 Å². The van der Waals surface area contributed by atoms with Gasteiger partial charge in [0, 0.05) is 11.6 Å². The minimum Gasteiger partial charge on any atom is -0.457 e. The average molecular weight is 284 g/mol. The lowest BCUT2D eigenvalue weighted by Gasteiger charge is -2.10. The van der Waals surface area contributed by atoms with Gasteiger partial charge in [0.15, 0.2) is 0 Å². The summed E-state index contributed by atoms with van der Waals surface area (Å²) < 4.78 is 6.01. The van der Waals surface area contributed by atoms with Gasteiger partial charge in [-0.15, -0.1) is 0 Å². The Labute approximate surface area is 123 Å². The van der Waals surface area contributed by atoms with Crippen molar-refractivity contribution in [2.45, 2.75) is 13.8 Å². The number of aromatic nitrogens is 1. The molecule has 0 saturated heterocycles. The van der Waals surface area contributed by atoms with Crippen LogP contribution in [-0.2, 0) is 0 Å². The van der Waals surface area contributed by atoms with Gasteiger partial charge in [-0.3, -0.25) is 4.98 Å². The summed E-state index contributed by atoms with van der Waals surface area (Å²) in [5.41, 5.74) is 3.11. The molecule has 0 aliphatic rings. The molecule has 0 fully saturated rings. The van der Waals surface area contributed by atoms with E-state index >= 15 is 0 Å². The maximum atomic E-state index is 6.16. The second kappa shape index (κ2) is 5.14. The minimum absolute atomic E-state index is 0.633. The second-order valence-corrected chi connectivity index (χ2v) is 5.28. The molecule has 0 atom stereocenters. The number of halogens is 1. The first kappa shape index (κ1) is 12.9. The Morgan fingerprint density at radius 3 is 2.50 bits per heavy atom. The van der Waals surface area contributed by atoms with Gasteiger partial charge in [0.25, 0.3) is 0 Å². The molecule has 0 unspecified atom stereocenters. The summed E-state index contributed by atoms with van der Waals surface area (Å²) in [6, 6.07) is 13.7. The molecular weight excluding hydrogens is 270 g/mol. The second-order valence-electron chi connectivity index (χ2n) is 4.87. The summed E-state index contributed by atoms with van der Waals surface area (Å²) in [5, 5.41) is 1.55. The minimum atomic E-state index is 0.633. The lowest BCUT2D eigenvalue weighted by molar-refractivity contribution is 0.487. The van der Waals surface area contributed by atoms with Gasteiger partial charge in [-0.05, 0) is 55.3 Å². The third-order valence-corrected chi connectivity index (χ3v) is 3.41. The van der Waals surface area contributed by atoms with Crippen LogP contribution in [0.25, 0.3) is 10.9 Å². The number of hydrogen-bond donors (Lipinski definition) is 0. The number of rotatable bonds is 2. The van der Waals surface area contributed by atoms with Gasteiger partial charge in [-0.1, -0.05) is 23.7 Å². The lowest BCUT2D eigenvalue weighted by Crippen LogP contribution is -1.89. The summed E-state index contributed by atoms with van der Waals surface area (Å²) in [4.78, 5) is 4.31. The number of aryl methyl sites for hydroxylation is 2. The van der Waals surface area contributed by atoms with E-state index in [1.807, 2.05) is 36.4 Å². The average Bonchev–Trinajstić information content (AvgIpc) is 2.39. The number of ether oxygens (including phenoxy) is 1. The van der Waals surface area contributed by atoms with Crippen molar-refractivity contribution in [3.63, 3.8) is 0 Å². The van der Waals surface area contributed by atoms with E-state index in [1.165, 1.54) is 11.1 Å². The van der Waals surface area contributed by atoms with Gasteiger partial charge >= 0.3 is 0 Å². The molecule has 2 aromatic carbocycles. The predicted octanol–water partition coefficient (Wildman–Crippen LogP) is 5.30. The van der Waals surface area contributed by atoms with E-state index in [-0.39, 0.29) is 0 Å². The van der Waals surface area contributed by atoms with E-state index in [0.29, 0.717) is 5.02 Å². The summed E-state index contributed by atoms with van der Waals surface area (Å²) in [6.07, 6.45) is 1.71. The number of pyridine rings is 1. The van der Waals surface area contributed by atoms with Gasteiger partial charge in [-0.2, -0.15) is 0 Å². The third kappa shape index (κ3) is 2.47. The monoisotopic (exact) mass is 283 g/mol. The highest BCUT2D eigenvalue weighted by atomic mass is 35.5. The normalized spacial score (nSPS) is 10.8. The number of fused-ring (bicyclic) bond motifs is 1. The van der Waals surface area contributed by atoms with E-state index in [9.17, 15) is 0 Å². The molecule has 0 N–H and O–H groups in total. The van der Waals surface area contributed by atoms with Gasteiger partial charge < -0.3 is 4.74 Å². The zero-order valence-electron chi connectivity index (χ0n) is 11.4. The predicted molar refractivity (Wildman–Crippen MR) is 82.7 cm³/mol. The van der Waals surface area contributed by atoms with Gasteiger partial charge in [0.2, 0.25) is 0 Å². The molecule has 0 radical (unpaired) electrons. The van der Waals surface area contributed by atoms with Crippen molar-refractivity contribution in [1.29, 1.82) is 0 Å². The molecule has 0 bridgehead atoms. The maximum Gasteiger partial charge on any atom is 0.138 e. The molecule has 0 spiro atoms. The van der Waals surface area contributed by atoms with Gasteiger partial charge in [-0.25, -0.2) is 0 Å². The fourth-order valence-corrected chi connectivity index (χ4v) is 2.55. The van der Waals surface area contributed by atoms with Crippen molar-refractivity contribution in [2.24, 2.45) is 0 Å². The first-order valence-corrected chi connectivity index (χ1v) is 6.81. The van der Waals surface area contributed by atoms with Gasteiger partial charge in [0.1, 0.15) is 11.5 Å². The summed E-state index contributed by atoms with van der Waals surface area (Å²) in [6.45, 7) is 4.11.